The van der Waals surface area contributed by atoms with Crippen LogP contribution in [0.3, 0.4) is 0 Å². The Hall–Kier alpha value is -1.97. The number of hydrogen-bond donors (Lipinski definition) is 0. The molecule has 0 amide bonds. The first kappa shape index (κ1) is 11.5. The Labute approximate surface area is 96.8 Å². The number of halogens is 2. The van der Waals surface area contributed by atoms with Crippen molar-refractivity contribution in [2.75, 3.05) is 7.11 Å². The zero-order chi connectivity index (χ0) is 12.4. The molecule has 0 aromatic heterocycles. The van der Waals surface area contributed by atoms with Crippen molar-refractivity contribution in [1.29, 1.82) is 0 Å². The molecule has 2 aromatic carbocycles. The maximum absolute atomic E-state index is 12.6. The summed E-state index contributed by atoms with van der Waals surface area (Å²) in [5, 5.41) is 1.22. The maximum atomic E-state index is 12.6. The summed E-state index contributed by atoms with van der Waals surface area (Å²) in [5.41, 5.74) is -0.0550. The molecule has 0 radical (unpaired) electrons. The van der Waals surface area contributed by atoms with Crippen LogP contribution < -0.4 is 4.74 Å². The van der Waals surface area contributed by atoms with Crippen LogP contribution in [0.15, 0.2) is 36.4 Å². The SMILES string of the molecule is COc1ccc2ccccc2c1C(=O)C(F)F. The molecule has 4 heteroatoms. The predicted molar refractivity (Wildman–Crippen MR) is 60.8 cm³/mol. The van der Waals surface area contributed by atoms with Gasteiger partial charge in [0.25, 0.3) is 0 Å². The van der Waals surface area contributed by atoms with E-state index in [-0.39, 0.29) is 11.3 Å². The molecule has 17 heavy (non-hydrogen) atoms. The summed E-state index contributed by atoms with van der Waals surface area (Å²) in [6.07, 6.45) is -3.03. The molecule has 0 aliphatic heterocycles. The number of hydrogen-bond acceptors (Lipinski definition) is 2. The number of methoxy groups -OCH3 is 1. The molecular formula is C13H10F2O2. The van der Waals surface area contributed by atoms with E-state index in [4.69, 9.17) is 4.74 Å². The Balaban J connectivity index is 2.76. The Kier molecular flexibility index (Phi) is 3.04. The van der Waals surface area contributed by atoms with Crippen molar-refractivity contribution >= 4 is 16.6 Å². The van der Waals surface area contributed by atoms with Crippen LogP contribution in [-0.2, 0) is 0 Å². The average Bonchev–Trinajstić information content (AvgIpc) is 2.36. The molecular weight excluding hydrogens is 226 g/mol. The second kappa shape index (κ2) is 4.49. The third-order valence-corrected chi connectivity index (χ3v) is 2.56. The second-order valence-corrected chi connectivity index (χ2v) is 3.53. The van der Waals surface area contributed by atoms with Crippen molar-refractivity contribution in [2.45, 2.75) is 6.43 Å². The van der Waals surface area contributed by atoms with E-state index in [1.165, 1.54) is 13.2 Å². The van der Waals surface area contributed by atoms with Gasteiger partial charge in [0.05, 0.1) is 12.7 Å². The van der Waals surface area contributed by atoms with E-state index in [0.29, 0.717) is 5.39 Å². The van der Waals surface area contributed by atoms with Crippen LogP contribution in [0.4, 0.5) is 8.78 Å². The van der Waals surface area contributed by atoms with E-state index in [2.05, 4.69) is 0 Å². The van der Waals surface area contributed by atoms with Crippen molar-refractivity contribution in [1.82, 2.24) is 0 Å². The van der Waals surface area contributed by atoms with Crippen molar-refractivity contribution in [3.05, 3.63) is 42.0 Å². The first-order chi connectivity index (χ1) is 8.15. The summed E-state index contributed by atoms with van der Waals surface area (Å²) >= 11 is 0. The normalized spacial score (nSPS) is 10.8. The van der Waals surface area contributed by atoms with Gasteiger partial charge in [0.15, 0.2) is 0 Å². The molecule has 2 aromatic rings. The van der Waals surface area contributed by atoms with Gasteiger partial charge in [-0.05, 0) is 16.8 Å². The van der Waals surface area contributed by atoms with Gasteiger partial charge in [0, 0.05) is 0 Å². The van der Waals surface area contributed by atoms with Crippen molar-refractivity contribution in [3.63, 3.8) is 0 Å². The molecule has 0 aliphatic rings. The zero-order valence-electron chi connectivity index (χ0n) is 9.11. The third kappa shape index (κ3) is 1.98. The fourth-order valence-electron chi connectivity index (χ4n) is 1.78. The van der Waals surface area contributed by atoms with Gasteiger partial charge in [0.2, 0.25) is 5.78 Å². The van der Waals surface area contributed by atoms with Crippen LogP contribution in [0.25, 0.3) is 10.8 Å². The lowest BCUT2D eigenvalue weighted by atomic mass is 10.0. The van der Waals surface area contributed by atoms with Gasteiger partial charge in [-0.25, -0.2) is 8.78 Å². The topological polar surface area (TPSA) is 26.3 Å². The van der Waals surface area contributed by atoms with Crippen LogP contribution in [0.2, 0.25) is 0 Å². The minimum absolute atomic E-state index is 0.0550. The van der Waals surface area contributed by atoms with Gasteiger partial charge < -0.3 is 4.74 Å². The van der Waals surface area contributed by atoms with Gasteiger partial charge in [-0.15, -0.1) is 0 Å². The molecule has 2 nitrogen and oxygen atoms in total. The number of rotatable bonds is 3. The van der Waals surface area contributed by atoms with Gasteiger partial charge >= 0.3 is 6.43 Å². The van der Waals surface area contributed by atoms with E-state index in [1.807, 2.05) is 0 Å². The minimum Gasteiger partial charge on any atom is -0.496 e. The zero-order valence-corrected chi connectivity index (χ0v) is 9.11. The first-order valence-electron chi connectivity index (χ1n) is 5.03. The molecule has 0 heterocycles. The van der Waals surface area contributed by atoms with Crippen LogP contribution in [-0.4, -0.2) is 19.3 Å². The van der Waals surface area contributed by atoms with Crippen LogP contribution in [0.5, 0.6) is 5.75 Å². The summed E-state index contributed by atoms with van der Waals surface area (Å²) in [7, 11) is 1.35. The van der Waals surface area contributed by atoms with E-state index < -0.39 is 12.2 Å². The molecule has 0 atom stereocenters. The number of ether oxygens (including phenoxy) is 1. The number of alkyl halides is 2. The Morgan fingerprint density at radius 2 is 1.88 bits per heavy atom. The minimum atomic E-state index is -3.03. The van der Waals surface area contributed by atoms with Gasteiger partial charge in [0.1, 0.15) is 5.75 Å². The van der Waals surface area contributed by atoms with E-state index in [0.717, 1.165) is 5.39 Å². The number of Topliss-reactive ketones (excluding diaryl/α,β-unsaturated/α-hetero) is 1. The fourth-order valence-corrected chi connectivity index (χ4v) is 1.78. The summed E-state index contributed by atoms with van der Waals surface area (Å²) < 4.78 is 30.1. The molecule has 0 saturated heterocycles. The maximum Gasteiger partial charge on any atom is 0.300 e. The number of fused-ring (bicyclic) bond motifs is 1. The predicted octanol–water partition coefficient (Wildman–Crippen LogP) is 3.30. The number of carbonyl (C=O) groups is 1. The van der Waals surface area contributed by atoms with Crippen LogP contribution in [0.1, 0.15) is 10.4 Å². The molecule has 0 bridgehead atoms. The monoisotopic (exact) mass is 236 g/mol. The highest BCUT2D eigenvalue weighted by molar-refractivity contribution is 6.11. The summed E-state index contributed by atoms with van der Waals surface area (Å²) in [6.45, 7) is 0. The Morgan fingerprint density at radius 1 is 1.18 bits per heavy atom. The summed E-state index contributed by atoms with van der Waals surface area (Å²) in [6, 6.07) is 10.1. The standard InChI is InChI=1S/C13H10F2O2/c1-17-10-7-6-8-4-2-3-5-9(8)11(10)12(16)13(14)15/h2-7,13H,1H3. The molecule has 88 valence electrons. The Bertz CT molecular complexity index is 564. The van der Waals surface area contributed by atoms with E-state index >= 15 is 0 Å². The highest BCUT2D eigenvalue weighted by atomic mass is 19.3. The van der Waals surface area contributed by atoms with E-state index in [1.54, 1.807) is 30.3 Å². The van der Waals surface area contributed by atoms with Crippen LogP contribution in [0, 0.1) is 0 Å². The van der Waals surface area contributed by atoms with E-state index in [9.17, 15) is 13.6 Å². The van der Waals surface area contributed by atoms with Crippen molar-refractivity contribution in [2.24, 2.45) is 0 Å². The lowest BCUT2D eigenvalue weighted by Crippen LogP contribution is -2.12. The van der Waals surface area contributed by atoms with Gasteiger partial charge in [-0.2, -0.15) is 0 Å². The summed E-state index contributed by atoms with van der Waals surface area (Å²) in [4.78, 5) is 11.5. The third-order valence-electron chi connectivity index (χ3n) is 2.56. The van der Waals surface area contributed by atoms with Gasteiger partial charge in [-0.1, -0.05) is 30.3 Å². The van der Waals surface area contributed by atoms with Crippen molar-refractivity contribution < 1.29 is 18.3 Å². The number of ketones is 1. The lowest BCUT2D eigenvalue weighted by Gasteiger charge is -2.10. The first-order valence-corrected chi connectivity index (χ1v) is 5.03. The lowest BCUT2D eigenvalue weighted by molar-refractivity contribution is 0.0677. The highest BCUT2D eigenvalue weighted by Crippen LogP contribution is 2.29. The number of benzene rings is 2. The van der Waals surface area contributed by atoms with Gasteiger partial charge in [-0.3, -0.25) is 4.79 Å². The molecule has 0 fully saturated rings. The average molecular weight is 236 g/mol. The highest BCUT2D eigenvalue weighted by Gasteiger charge is 2.23. The second-order valence-electron chi connectivity index (χ2n) is 3.53. The molecule has 2 rings (SSSR count). The number of carbonyl (C=O) groups excluding carboxylic acids is 1. The quantitative estimate of drug-likeness (QED) is 0.764. The Morgan fingerprint density at radius 3 is 2.53 bits per heavy atom. The smallest absolute Gasteiger partial charge is 0.300 e. The summed E-state index contributed by atoms with van der Waals surface area (Å²) in [5.74, 6) is -1.03. The fraction of sp³-hybridized carbons (Fsp3) is 0.154. The molecule has 0 unspecified atom stereocenters. The molecule has 0 N–H and O–H groups in total. The molecule has 0 aliphatic carbocycles. The van der Waals surface area contributed by atoms with Crippen molar-refractivity contribution in [3.8, 4) is 5.75 Å². The largest absolute Gasteiger partial charge is 0.496 e. The van der Waals surface area contributed by atoms with Crippen LogP contribution >= 0.6 is 0 Å². The molecule has 0 spiro atoms. The molecule has 0 saturated carbocycles.